The van der Waals surface area contributed by atoms with E-state index < -0.39 is 0 Å². The van der Waals surface area contributed by atoms with Crippen molar-refractivity contribution in [2.45, 2.75) is 13.0 Å². The molecule has 0 fully saturated rings. The van der Waals surface area contributed by atoms with Crippen LogP contribution < -0.4 is 5.32 Å². The summed E-state index contributed by atoms with van der Waals surface area (Å²) in [6.45, 7) is 1.44. The van der Waals surface area contributed by atoms with E-state index in [1.54, 1.807) is 6.07 Å². The molecule has 4 nitrogen and oxygen atoms in total. The number of benzene rings is 1. The lowest BCUT2D eigenvalue weighted by Gasteiger charge is -2.05. The molecule has 0 saturated heterocycles. The van der Waals surface area contributed by atoms with E-state index in [0.717, 1.165) is 12.1 Å². The van der Waals surface area contributed by atoms with Gasteiger partial charge in [0.05, 0.1) is 0 Å². The number of aromatic nitrogens is 2. The maximum absolute atomic E-state index is 6.04. The summed E-state index contributed by atoms with van der Waals surface area (Å²) in [6, 6.07) is 5.46. The highest BCUT2D eigenvalue weighted by Crippen LogP contribution is 2.20. The molecule has 0 amide bonds. The Kier molecular flexibility index (Phi) is 4.36. The van der Waals surface area contributed by atoms with Crippen molar-refractivity contribution in [1.82, 2.24) is 15.5 Å². The van der Waals surface area contributed by atoms with Gasteiger partial charge in [-0.25, -0.2) is 0 Å². The number of rotatable bonds is 5. The molecule has 0 radical (unpaired) electrons. The van der Waals surface area contributed by atoms with Gasteiger partial charge in [-0.2, -0.15) is 4.98 Å². The summed E-state index contributed by atoms with van der Waals surface area (Å²) in [4.78, 5) is 3.93. The first kappa shape index (κ1) is 12.4. The Morgan fingerprint density at radius 2 is 2.18 bits per heavy atom. The van der Waals surface area contributed by atoms with Gasteiger partial charge >= 0.3 is 0 Å². The molecule has 0 spiro atoms. The van der Waals surface area contributed by atoms with Crippen molar-refractivity contribution >= 4 is 23.2 Å². The maximum Gasteiger partial charge on any atom is 0.227 e. The quantitative estimate of drug-likeness (QED) is 0.850. The van der Waals surface area contributed by atoms with Crippen molar-refractivity contribution in [3.8, 4) is 0 Å². The topological polar surface area (TPSA) is 51.0 Å². The molecular formula is C11H11Cl2N3O. The van der Waals surface area contributed by atoms with Crippen molar-refractivity contribution in [2.24, 2.45) is 0 Å². The summed E-state index contributed by atoms with van der Waals surface area (Å²) >= 11 is 11.9. The van der Waals surface area contributed by atoms with Crippen LogP contribution in [0.25, 0.3) is 0 Å². The Morgan fingerprint density at radius 3 is 2.88 bits per heavy atom. The Labute approximate surface area is 109 Å². The van der Waals surface area contributed by atoms with Crippen LogP contribution in [0.3, 0.4) is 0 Å². The van der Waals surface area contributed by atoms with Gasteiger partial charge in [0.25, 0.3) is 0 Å². The minimum Gasteiger partial charge on any atom is -0.340 e. The van der Waals surface area contributed by atoms with Crippen LogP contribution in [0.4, 0.5) is 0 Å². The second-order valence-electron chi connectivity index (χ2n) is 3.50. The first-order valence-electron chi connectivity index (χ1n) is 5.16. The summed E-state index contributed by atoms with van der Waals surface area (Å²) in [5.74, 6) is 0.625. The summed E-state index contributed by atoms with van der Waals surface area (Å²) in [6.07, 6.45) is 2.09. The van der Waals surface area contributed by atoms with Crippen molar-refractivity contribution in [1.29, 1.82) is 0 Å². The van der Waals surface area contributed by atoms with E-state index in [1.807, 2.05) is 12.1 Å². The van der Waals surface area contributed by atoms with Crippen molar-refractivity contribution in [3.05, 3.63) is 46.0 Å². The zero-order valence-corrected chi connectivity index (χ0v) is 10.5. The summed E-state index contributed by atoms with van der Waals surface area (Å²) in [5, 5.41) is 8.09. The monoisotopic (exact) mass is 271 g/mol. The molecule has 17 heavy (non-hydrogen) atoms. The highest BCUT2D eigenvalue weighted by molar-refractivity contribution is 6.35. The van der Waals surface area contributed by atoms with Crippen LogP contribution in [0.5, 0.6) is 0 Å². The number of nitrogens with zero attached hydrogens (tertiary/aromatic N) is 2. The third kappa shape index (κ3) is 3.70. The average Bonchev–Trinajstić information content (AvgIpc) is 2.79. The van der Waals surface area contributed by atoms with E-state index in [2.05, 4.69) is 15.5 Å². The Bertz CT molecular complexity index is 474. The van der Waals surface area contributed by atoms with Crippen LogP contribution in [0.2, 0.25) is 10.0 Å². The van der Waals surface area contributed by atoms with Crippen LogP contribution >= 0.6 is 23.2 Å². The lowest BCUT2D eigenvalue weighted by Crippen LogP contribution is -2.17. The Morgan fingerprint density at radius 1 is 1.29 bits per heavy atom. The number of nitrogens with one attached hydrogen (secondary N) is 1. The van der Waals surface area contributed by atoms with E-state index in [9.17, 15) is 0 Å². The summed E-state index contributed by atoms with van der Waals surface area (Å²) < 4.78 is 4.88. The molecule has 0 unspecified atom stereocenters. The summed E-state index contributed by atoms with van der Waals surface area (Å²) in [7, 11) is 0. The van der Waals surface area contributed by atoms with Gasteiger partial charge in [0, 0.05) is 29.6 Å². The van der Waals surface area contributed by atoms with Gasteiger partial charge in [0.2, 0.25) is 5.89 Å². The molecule has 6 heteroatoms. The SMILES string of the molecule is Clc1ccc(CNCCc2ncno2)c(Cl)c1. The molecule has 1 aromatic carbocycles. The third-order valence-electron chi connectivity index (χ3n) is 2.25. The molecule has 0 atom stereocenters. The zero-order valence-electron chi connectivity index (χ0n) is 8.99. The van der Waals surface area contributed by atoms with Gasteiger partial charge in [-0.05, 0) is 17.7 Å². The van der Waals surface area contributed by atoms with Crippen molar-refractivity contribution < 1.29 is 4.52 Å². The predicted octanol–water partition coefficient (Wildman–Crippen LogP) is 2.71. The fourth-order valence-corrected chi connectivity index (χ4v) is 1.86. The van der Waals surface area contributed by atoms with Gasteiger partial charge in [-0.1, -0.05) is 34.4 Å². The van der Waals surface area contributed by atoms with Crippen LogP contribution in [-0.2, 0) is 13.0 Å². The smallest absolute Gasteiger partial charge is 0.227 e. The van der Waals surface area contributed by atoms with Gasteiger partial charge in [0.15, 0.2) is 6.33 Å². The fourth-order valence-electron chi connectivity index (χ4n) is 1.39. The van der Waals surface area contributed by atoms with E-state index in [4.69, 9.17) is 27.7 Å². The number of halogens is 2. The van der Waals surface area contributed by atoms with Gasteiger partial charge in [-0.3, -0.25) is 0 Å². The molecule has 1 N–H and O–H groups in total. The Balaban J connectivity index is 1.78. The first-order chi connectivity index (χ1) is 8.25. The van der Waals surface area contributed by atoms with E-state index in [-0.39, 0.29) is 0 Å². The summed E-state index contributed by atoms with van der Waals surface area (Å²) in [5.41, 5.74) is 1.02. The highest BCUT2D eigenvalue weighted by Gasteiger charge is 2.02. The minimum atomic E-state index is 0.625. The average molecular weight is 272 g/mol. The molecule has 90 valence electrons. The molecule has 0 saturated carbocycles. The zero-order chi connectivity index (χ0) is 12.1. The van der Waals surface area contributed by atoms with Crippen LogP contribution in [0, 0.1) is 0 Å². The molecule has 0 bridgehead atoms. The molecule has 0 aliphatic carbocycles. The van der Waals surface area contributed by atoms with E-state index in [1.165, 1.54) is 6.33 Å². The molecule has 0 aliphatic heterocycles. The Hall–Kier alpha value is -1.10. The molecular weight excluding hydrogens is 261 g/mol. The lowest BCUT2D eigenvalue weighted by molar-refractivity contribution is 0.375. The lowest BCUT2D eigenvalue weighted by atomic mass is 10.2. The molecule has 2 rings (SSSR count). The van der Waals surface area contributed by atoms with E-state index >= 15 is 0 Å². The number of hydrogen-bond donors (Lipinski definition) is 1. The van der Waals surface area contributed by atoms with Crippen molar-refractivity contribution in [3.63, 3.8) is 0 Å². The number of hydrogen-bond acceptors (Lipinski definition) is 4. The van der Waals surface area contributed by atoms with Gasteiger partial charge < -0.3 is 9.84 Å². The molecule has 2 aromatic rings. The molecule has 0 aliphatic rings. The highest BCUT2D eigenvalue weighted by atomic mass is 35.5. The fraction of sp³-hybridized carbons (Fsp3) is 0.273. The van der Waals surface area contributed by atoms with E-state index in [0.29, 0.717) is 28.9 Å². The second-order valence-corrected chi connectivity index (χ2v) is 4.34. The third-order valence-corrected chi connectivity index (χ3v) is 2.84. The molecule has 1 aromatic heterocycles. The first-order valence-corrected chi connectivity index (χ1v) is 5.91. The standard InChI is InChI=1S/C11H11Cl2N3O/c12-9-2-1-8(10(13)5-9)6-14-4-3-11-15-7-16-17-11/h1-2,5,7,14H,3-4,6H2. The van der Waals surface area contributed by atoms with Crippen molar-refractivity contribution in [2.75, 3.05) is 6.54 Å². The predicted molar refractivity (Wildman–Crippen MR) is 66.2 cm³/mol. The minimum absolute atomic E-state index is 0.625. The second kappa shape index (κ2) is 6.00. The van der Waals surface area contributed by atoms with Gasteiger partial charge in [-0.15, -0.1) is 0 Å². The van der Waals surface area contributed by atoms with Gasteiger partial charge in [0.1, 0.15) is 0 Å². The van der Waals surface area contributed by atoms with Crippen LogP contribution in [0.1, 0.15) is 11.5 Å². The molecule has 1 heterocycles. The largest absolute Gasteiger partial charge is 0.340 e. The van der Waals surface area contributed by atoms with Crippen LogP contribution in [0.15, 0.2) is 29.0 Å². The maximum atomic E-state index is 6.04. The normalized spacial score (nSPS) is 10.7. The van der Waals surface area contributed by atoms with Crippen LogP contribution in [-0.4, -0.2) is 16.7 Å².